The molecule has 0 heterocycles. The van der Waals surface area contributed by atoms with Crippen LogP contribution in [0.5, 0.6) is 0 Å². The Balaban J connectivity index is 4.57. The number of Topliss-reactive ketones (excluding diaryl/α,β-unsaturated/α-hetero) is 2. The predicted molar refractivity (Wildman–Crippen MR) is 39.2 cm³/mol. The normalized spacial score (nSPS) is 14.1. The number of carbonyl (C=O) groups is 2. The summed E-state index contributed by atoms with van der Waals surface area (Å²) < 4.78 is 25.3. The van der Waals surface area contributed by atoms with Crippen molar-refractivity contribution in [3.63, 3.8) is 0 Å². The number of halogens is 2. The minimum absolute atomic E-state index is 0.695. The number of rotatable bonds is 4. The van der Waals surface area contributed by atoms with E-state index in [0.29, 0.717) is 6.92 Å². The Kier molecular flexibility index (Phi) is 3.45. The van der Waals surface area contributed by atoms with Gasteiger partial charge in [-0.3, -0.25) is 9.59 Å². The van der Waals surface area contributed by atoms with Gasteiger partial charge in [-0.25, -0.2) is 0 Å². The van der Waals surface area contributed by atoms with Crippen molar-refractivity contribution in [2.24, 2.45) is 0 Å². The van der Waals surface area contributed by atoms with Crippen LogP contribution in [0.2, 0.25) is 0 Å². The first-order valence-corrected chi connectivity index (χ1v) is 3.44. The van der Waals surface area contributed by atoms with Crippen LogP contribution in [0.1, 0.15) is 13.8 Å². The van der Waals surface area contributed by atoms with Crippen LogP contribution in [0.15, 0.2) is 0 Å². The van der Waals surface area contributed by atoms with Gasteiger partial charge in [-0.2, -0.15) is 8.78 Å². The molecular formula is C7H11F2NO2. The number of carbonyl (C=O) groups excluding carboxylic acids is 2. The fraction of sp³-hybridized carbons (Fsp3) is 0.714. The van der Waals surface area contributed by atoms with Crippen LogP contribution in [-0.2, 0) is 9.59 Å². The second-order valence-electron chi connectivity index (χ2n) is 2.51. The van der Waals surface area contributed by atoms with E-state index in [1.807, 2.05) is 0 Å². The van der Waals surface area contributed by atoms with Crippen molar-refractivity contribution in [1.29, 1.82) is 0 Å². The first-order valence-electron chi connectivity index (χ1n) is 3.44. The smallest absolute Gasteiger partial charge is 0.311 e. The average Bonchev–Trinajstić information content (AvgIpc) is 2.01. The number of hydrogen-bond acceptors (Lipinski definition) is 3. The minimum atomic E-state index is -3.86. The lowest BCUT2D eigenvalue weighted by molar-refractivity contribution is -0.156. The molecule has 0 amide bonds. The fourth-order valence-corrected chi connectivity index (χ4v) is 0.577. The van der Waals surface area contributed by atoms with Gasteiger partial charge < -0.3 is 5.32 Å². The zero-order chi connectivity index (χ0) is 9.94. The molecule has 0 aliphatic rings. The summed E-state index contributed by atoms with van der Waals surface area (Å²) in [6, 6.07) is -1.01. The Hall–Kier alpha value is -0.840. The number of ketones is 2. The van der Waals surface area contributed by atoms with E-state index < -0.39 is 23.5 Å². The molecule has 0 aromatic heterocycles. The van der Waals surface area contributed by atoms with Crippen molar-refractivity contribution in [2.75, 3.05) is 7.05 Å². The molecule has 1 N–H and O–H groups in total. The first-order chi connectivity index (χ1) is 5.34. The summed E-state index contributed by atoms with van der Waals surface area (Å²) >= 11 is 0. The lowest BCUT2D eigenvalue weighted by atomic mass is 10.1. The van der Waals surface area contributed by atoms with Crippen molar-refractivity contribution in [3.05, 3.63) is 0 Å². The highest BCUT2D eigenvalue weighted by molar-refractivity contribution is 6.09. The molecule has 3 nitrogen and oxygen atoms in total. The zero-order valence-electron chi connectivity index (χ0n) is 7.15. The third-order valence-corrected chi connectivity index (χ3v) is 1.58. The quantitative estimate of drug-likeness (QED) is 0.635. The van der Waals surface area contributed by atoms with Crippen LogP contribution in [0, 0.1) is 0 Å². The lowest BCUT2D eigenvalue weighted by Crippen LogP contribution is -2.46. The van der Waals surface area contributed by atoms with Crippen LogP contribution in [0.4, 0.5) is 8.78 Å². The zero-order valence-corrected chi connectivity index (χ0v) is 7.15. The molecule has 0 aromatic rings. The Morgan fingerprint density at radius 1 is 1.42 bits per heavy atom. The maximum Gasteiger partial charge on any atom is 0.363 e. The summed E-state index contributed by atoms with van der Waals surface area (Å²) in [7, 11) is 1.37. The molecule has 1 unspecified atom stereocenters. The van der Waals surface area contributed by atoms with E-state index in [2.05, 4.69) is 5.32 Å². The second-order valence-corrected chi connectivity index (χ2v) is 2.51. The summed E-state index contributed by atoms with van der Waals surface area (Å²) in [5.74, 6) is -6.67. The van der Waals surface area contributed by atoms with Crippen molar-refractivity contribution >= 4 is 11.6 Å². The topological polar surface area (TPSA) is 46.2 Å². The largest absolute Gasteiger partial charge is 0.363 e. The number of likely N-dealkylation sites (N-methyl/N-ethyl adjacent to an activating group) is 1. The van der Waals surface area contributed by atoms with E-state index in [1.165, 1.54) is 14.0 Å². The molecular weight excluding hydrogens is 168 g/mol. The molecule has 0 rings (SSSR count). The number of nitrogens with one attached hydrogen (secondary N) is 1. The summed E-state index contributed by atoms with van der Waals surface area (Å²) in [4.78, 5) is 21.1. The van der Waals surface area contributed by atoms with Crippen molar-refractivity contribution < 1.29 is 18.4 Å². The van der Waals surface area contributed by atoms with Gasteiger partial charge in [0.05, 0.1) is 6.04 Å². The second kappa shape index (κ2) is 3.71. The van der Waals surface area contributed by atoms with E-state index in [-0.39, 0.29) is 0 Å². The lowest BCUT2D eigenvalue weighted by Gasteiger charge is -2.15. The molecule has 0 radical (unpaired) electrons. The van der Waals surface area contributed by atoms with Gasteiger partial charge in [0.2, 0.25) is 11.6 Å². The standard InChI is InChI=1S/C7H11F2NO2/c1-4(10-3)6(12)7(8,9)5(2)11/h4,10H,1-3H3. The van der Waals surface area contributed by atoms with E-state index in [9.17, 15) is 18.4 Å². The van der Waals surface area contributed by atoms with Crippen LogP contribution in [0.25, 0.3) is 0 Å². The molecule has 0 aliphatic carbocycles. The van der Waals surface area contributed by atoms with Gasteiger partial charge in [-0.15, -0.1) is 0 Å². The third-order valence-electron chi connectivity index (χ3n) is 1.58. The van der Waals surface area contributed by atoms with E-state index >= 15 is 0 Å². The highest BCUT2D eigenvalue weighted by Gasteiger charge is 2.45. The molecule has 1 atom stereocenters. The Labute approximate surface area is 69.1 Å². The third kappa shape index (κ3) is 2.07. The molecule has 0 aliphatic heterocycles. The predicted octanol–water partition coefficient (Wildman–Crippen LogP) is 0.388. The molecule has 12 heavy (non-hydrogen) atoms. The van der Waals surface area contributed by atoms with Crippen LogP contribution in [-0.4, -0.2) is 30.6 Å². The van der Waals surface area contributed by atoms with E-state index in [1.54, 1.807) is 0 Å². The van der Waals surface area contributed by atoms with E-state index in [0.717, 1.165) is 0 Å². The average molecular weight is 179 g/mol. The number of alkyl halides is 2. The Bertz CT molecular complexity index is 204. The van der Waals surface area contributed by atoms with Gasteiger partial charge >= 0.3 is 5.92 Å². The van der Waals surface area contributed by atoms with Gasteiger partial charge in [-0.05, 0) is 14.0 Å². The molecule has 70 valence electrons. The van der Waals surface area contributed by atoms with E-state index in [4.69, 9.17) is 0 Å². The summed E-state index contributed by atoms with van der Waals surface area (Å²) in [6.07, 6.45) is 0. The van der Waals surface area contributed by atoms with Crippen molar-refractivity contribution in [2.45, 2.75) is 25.8 Å². The fourth-order valence-electron chi connectivity index (χ4n) is 0.577. The van der Waals surface area contributed by atoms with Crippen molar-refractivity contribution in [3.8, 4) is 0 Å². The Morgan fingerprint density at radius 3 is 2.08 bits per heavy atom. The van der Waals surface area contributed by atoms with Gasteiger partial charge in [0, 0.05) is 6.92 Å². The van der Waals surface area contributed by atoms with Gasteiger partial charge in [0.1, 0.15) is 0 Å². The van der Waals surface area contributed by atoms with Gasteiger partial charge in [-0.1, -0.05) is 0 Å². The van der Waals surface area contributed by atoms with Crippen molar-refractivity contribution in [1.82, 2.24) is 5.32 Å². The Morgan fingerprint density at radius 2 is 1.83 bits per heavy atom. The summed E-state index contributed by atoms with van der Waals surface area (Å²) in [6.45, 7) is 1.97. The molecule has 0 aromatic carbocycles. The summed E-state index contributed by atoms with van der Waals surface area (Å²) in [5.41, 5.74) is 0. The molecule has 0 fully saturated rings. The molecule has 0 spiro atoms. The molecule has 5 heteroatoms. The van der Waals surface area contributed by atoms with Crippen LogP contribution in [0.3, 0.4) is 0 Å². The molecule has 0 bridgehead atoms. The molecule has 0 saturated carbocycles. The summed E-state index contributed by atoms with van der Waals surface area (Å²) in [5, 5.41) is 2.34. The highest BCUT2D eigenvalue weighted by Crippen LogP contribution is 2.17. The first kappa shape index (κ1) is 11.2. The maximum absolute atomic E-state index is 12.6. The van der Waals surface area contributed by atoms with Gasteiger partial charge in [0.25, 0.3) is 0 Å². The maximum atomic E-state index is 12.6. The van der Waals surface area contributed by atoms with Crippen LogP contribution >= 0.6 is 0 Å². The SMILES string of the molecule is CNC(C)C(=O)C(F)(F)C(C)=O. The van der Waals surface area contributed by atoms with Gasteiger partial charge in [0.15, 0.2) is 0 Å². The number of hydrogen-bond donors (Lipinski definition) is 1. The minimum Gasteiger partial charge on any atom is -0.311 e. The van der Waals surface area contributed by atoms with Crippen LogP contribution < -0.4 is 5.32 Å². The highest BCUT2D eigenvalue weighted by atomic mass is 19.3. The monoisotopic (exact) mass is 179 g/mol. The molecule has 0 saturated heterocycles.